The zero-order valence-corrected chi connectivity index (χ0v) is 6.88. The van der Waals surface area contributed by atoms with Crippen molar-refractivity contribution in [2.75, 3.05) is 13.2 Å². The van der Waals surface area contributed by atoms with E-state index in [1.807, 2.05) is 0 Å². The summed E-state index contributed by atoms with van der Waals surface area (Å²) in [5.74, 6) is -0.196. The molecule has 0 aromatic heterocycles. The number of aliphatic hydroxyl groups is 1. The van der Waals surface area contributed by atoms with Crippen LogP contribution in [0.4, 0.5) is 4.39 Å². The lowest BCUT2D eigenvalue weighted by atomic mass is 10.2. The normalized spacial score (nSPS) is 9.92. The van der Waals surface area contributed by atoms with Gasteiger partial charge >= 0.3 is 0 Å². The van der Waals surface area contributed by atoms with Gasteiger partial charge < -0.3 is 9.84 Å². The molecular formula is C9H11FO2. The first-order chi connectivity index (χ1) is 5.74. The van der Waals surface area contributed by atoms with Crippen LogP contribution in [-0.2, 0) is 0 Å². The van der Waals surface area contributed by atoms with Crippen molar-refractivity contribution >= 4 is 0 Å². The predicted molar refractivity (Wildman–Crippen MR) is 43.7 cm³/mol. The van der Waals surface area contributed by atoms with E-state index in [2.05, 4.69) is 0 Å². The molecule has 12 heavy (non-hydrogen) atoms. The minimum Gasteiger partial charge on any atom is -0.488 e. The number of hydrogen-bond donors (Lipinski definition) is 1. The van der Waals surface area contributed by atoms with Crippen LogP contribution in [0.15, 0.2) is 18.2 Å². The standard InChI is InChI=1S/C9H11FO2/c1-7-2-3-9(8(10)6-7)12-5-4-11/h2-3,6,11H,4-5H2,1H3. The minimum absolute atomic E-state index is 0.104. The van der Waals surface area contributed by atoms with E-state index in [4.69, 9.17) is 9.84 Å². The van der Waals surface area contributed by atoms with Crippen LogP contribution in [0.2, 0.25) is 0 Å². The van der Waals surface area contributed by atoms with Gasteiger partial charge in [-0.25, -0.2) is 4.39 Å². The van der Waals surface area contributed by atoms with Crippen LogP contribution >= 0.6 is 0 Å². The summed E-state index contributed by atoms with van der Waals surface area (Å²) in [5, 5.41) is 8.43. The van der Waals surface area contributed by atoms with Gasteiger partial charge in [0.2, 0.25) is 0 Å². The van der Waals surface area contributed by atoms with E-state index in [9.17, 15) is 4.39 Å². The smallest absolute Gasteiger partial charge is 0.165 e. The van der Waals surface area contributed by atoms with Gasteiger partial charge in [-0.15, -0.1) is 0 Å². The fraction of sp³-hybridized carbons (Fsp3) is 0.333. The Morgan fingerprint density at radius 1 is 1.50 bits per heavy atom. The van der Waals surface area contributed by atoms with Crippen LogP contribution < -0.4 is 4.74 Å². The van der Waals surface area contributed by atoms with Crippen LogP contribution in [0, 0.1) is 12.7 Å². The average molecular weight is 170 g/mol. The first-order valence-electron chi connectivity index (χ1n) is 3.74. The van der Waals surface area contributed by atoms with Gasteiger partial charge in [0.05, 0.1) is 6.61 Å². The lowest BCUT2D eigenvalue weighted by Gasteiger charge is -2.05. The van der Waals surface area contributed by atoms with Gasteiger partial charge in [0, 0.05) is 0 Å². The molecule has 0 fully saturated rings. The third-order valence-corrected chi connectivity index (χ3v) is 1.44. The Kier molecular flexibility index (Phi) is 3.05. The van der Waals surface area contributed by atoms with Crippen LogP contribution in [0.1, 0.15) is 5.56 Å². The Balaban J connectivity index is 2.72. The fourth-order valence-electron chi connectivity index (χ4n) is 0.879. The van der Waals surface area contributed by atoms with E-state index in [0.717, 1.165) is 5.56 Å². The molecule has 0 saturated heterocycles. The largest absolute Gasteiger partial charge is 0.488 e. The monoisotopic (exact) mass is 170 g/mol. The first-order valence-corrected chi connectivity index (χ1v) is 3.74. The molecule has 3 heteroatoms. The SMILES string of the molecule is Cc1ccc(OCCO)c(F)c1. The minimum atomic E-state index is -0.386. The van der Waals surface area contributed by atoms with E-state index in [0.29, 0.717) is 0 Å². The quantitative estimate of drug-likeness (QED) is 0.745. The van der Waals surface area contributed by atoms with Crippen molar-refractivity contribution in [2.24, 2.45) is 0 Å². The van der Waals surface area contributed by atoms with Crippen molar-refractivity contribution < 1.29 is 14.2 Å². The molecule has 1 N–H and O–H groups in total. The second kappa shape index (κ2) is 4.07. The van der Waals surface area contributed by atoms with Crippen molar-refractivity contribution in [1.29, 1.82) is 0 Å². The number of aryl methyl sites for hydroxylation is 1. The lowest BCUT2D eigenvalue weighted by molar-refractivity contribution is 0.196. The third-order valence-electron chi connectivity index (χ3n) is 1.44. The molecule has 0 bridgehead atoms. The van der Waals surface area contributed by atoms with Crippen LogP contribution in [0.3, 0.4) is 0 Å². The highest BCUT2D eigenvalue weighted by molar-refractivity contribution is 5.28. The molecule has 0 atom stereocenters. The number of ether oxygens (including phenoxy) is 1. The maximum absolute atomic E-state index is 13.0. The molecule has 1 aromatic rings. The molecule has 1 aromatic carbocycles. The molecule has 66 valence electrons. The number of rotatable bonds is 3. The fourth-order valence-corrected chi connectivity index (χ4v) is 0.879. The van der Waals surface area contributed by atoms with Crippen molar-refractivity contribution in [1.82, 2.24) is 0 Å². The highest BCUT2D eigenvalue weighted by Crippen LogP contribution is 2.17. The summed E-state index contributed by atoms with van der Waals surface area (Å²) in [6, 6.07) is 4.71. The Morgan fingerprint density at radius 2 is 2.25 bits per heavy atom. The van der Waals surface area contributed by atoms with E-state index in [1.165, 1.54) is 6.07 Å². The average Bonchev–Trinajstić information content (AvgIpc) is 2.03. The van der Waals surface area contributed by atoms with E-state index < -0.39 is 0 Å². The van der Waals surface area contributed by atoms with E-state index in [-0.39, 0.29) is 24.8 Å². The Hall–Kier alpha value is -1.09. The Labute approximate surface area is 70.6 Å². The van der Waals surface area contributed by atoms with Gasteiger partial charge in [-0.3, -0.25) is 0 Å². The first kappa shape index (κ1) is 9.00. The molecule has 0 heterocycles. The van der Waals surface area contributed by atoms with Gasteiger partial charge in [0.15, 0.2) is 11.6 Å². The third kappa shape index (κ3) is 2.20. The molecule has 0 aliphatic carbocycles. The molecule has 0 aliphatic rings. The number of halogens is 1. The summed E-state index contributed by atoms with van der Waals surface area (Å²) >= 11 is 0. The zero-order valence-electron chi connectivity index (χ0n) is 6.88. The molecule has 0 radical (unpaired) electrons. The van der Waals surface area contributed by atoms with Crippen LogP contribution in [-0.4, -0.2) is 18.3 Å². The molecule has 0 spiro atoms. The van der Waals surface area contributed by atoms with E-state index >= 15 is 0 Å². The van der Waals surface area contributed by atoms with Crippen LogP contribution in [0.5, 0.6) is 5.75 Å². The van der Waals surface area contributed by atoms with Crippen LogP contribution in [0.25, 0.3) is 0 Å². The van der Waals surface area contributed by atoms with Crippen molar-refractivity contribution in [3.05, 3.63) is 29.6 Å². The molecular weight excluding hydrogens is 159 g/mol. The number of aliphatic hydroxyl groups excluding tert-OH is 1. The molecule has 0 unspecified atom stereocenters. The topological polar surface area (TPSA) is 29.5 Å². The Morgan fingerprint density at radius 3 is 2.83 bits per heavy atom. The maximum Gasteiger partial charge on any atom is 0.165 e. The molecule has 0 aliphatic heterocycles. The lowest BCUT2D eigenvalue weighted by Crippen LogP contribution is -2.02. The van der Waals surface area contributed by atoms with Crippen molar-refractivity contribution in [3.8, 4) is 5.75 Å². The summed E-state index contributed by atoms with van der Waals surface area (Å²) in [6.07, 6.45) is 0. The van der Waals surface area contributed by atoms with E-state index in [1.54, 1.807) is 19.1 Å². The highest BCUT2D eigenvalue weighted by atomic mass is 19.1. The summed E-state index contributed by atoms with van der Waals surface area (Å²) < 4.78 is 17.9. The van der Waals surface area contributed by atoms with Gasteiger partial charge in [-0.2, -0.15) is 0 Å². The predicted octanol–water partition coefficient (Wildman–Crippen LogP) is 1.51. The maximum atomic E-state index is 13.0. The molecule has 1 rings (SSSR count). The van der Waals surface area contributed by atoms with Gasteiger partial charge in [-0.05, 0) is 24.6 Å². The van der Waals surface area contributed by atoms with Gasteiger partial charge in [0.25, 0.3) is 0 Å². The number of benzene rings is 1. The highest BCUT2D eigenvalue weighted by Gasteiger charge is 2.01. The summed E-state index contributed by atoms with van der Waals surface area (Å²) in [7, 11) is 0. The summed E-state index contributed by atoms with van der Waals surface area (Å²) in [5.41, 5.74) is 0.851. The number of hydrogen-bond acceptors (Lipinski definition) is 2. The Bertz CT molecular complexity index is 261. The zero-order chi connectivity index (χ0) is 8.97. The molecule has 0 saturated carbocycles. The van der Waals surface area contributed by atoms with Gasteiger partial charge in [0.1, 0.15) is 6.61 Å². The van der Waals surface area contributed by atoms with Gasteiger partial charge in [-0.1, -0.05) is 6.07 Å². The molecule has 2 nitrogen and oxygen atoms in total. The van der Waals surface area contributed by atoms with Crippen molar-refractivity contribution in [2.45, 2.75) is 6.92 Å². The second-order valence-electron chi connectivity index (χ2n) is 2.51. The summed E-state index contributed by atoms with van der Waals surface area (Å²) in [6.45, 7) is 1.83. The molecule has 0 amide bonds. The second-order valence-corrected chi connectivity index (χ2v) is 2.51. The summed E-state index contributed by atoms with van der Waals surface area (Å²) in [4.78, 5) is 0. The van der Waals surface area contributed by atoms with Crippen molar-refractivity contribution in [3.63, 3.8) is 0 Å².